The molecule has 0 aromatic heterocycles. The van der Waals surface area contributed by atoms with Crippen LogP contribution in [0.15, 0.2) is 47.4 Å². The zero-order valence-electron chi connectivity index (χ0n) is 11.7. The van der Waals surface area contributed by atoms with E-state index in [9.17, 15) is 8.42 Å². The van der Waals surface area contributed by atoms with Crippen LogP contribution in [0.4, 0.5) is 0 Å². The third-order valence-corrected chi connectivity index (χ3v) is 4.27. The van der Waals surface area contributed by atoms with E-state index < -0.39 is 10.1 Å². The zero-order valence-corrected chi connectivity index (χ0v) is 13.2. The van der Waals surface area contributed by atoms with Crippen molar-refractivity contribution < 1.29 is 17.3 Å². The summed E-state index contributed by atoms with van der Waals surface area (Å²) in [7, 11) is -3.92. The minimum atomic E-state index is -3.92. The van der Waals surface area contributed by atoms with E-state index >= 15 is 0 Å². The molecular weight excluding hydrogens is 312 g/mol. The predicted molar refractivity (Wildman–Crippen MR) is 81.6 cm³/mol. The lowest BCUT2D eigenvalue weighted by Gasteiger charge is -2.10. The SMILES string of the molecule is CCOc1ccc(S(=O)(=O)Oc2cc(C)ccc2Cl)cc1. The molecule has 0 saturated carbocycles. The summed E-state index contributed by atoms with van der Waals surface area (Å²) in [6.45, 7) is 4.20. The van der Waals surface area contributed by atoms with E-state index in [1.54, 1.807) is 30.3 Å². The molecule has 0 amide bonds. The number of benzene rings is 2. The average molecular weight is 327 g/mol. The molecule has 0 atom stereocenters. The van der Waals surface area contributed by atoms with E-state index in [1.165, 1.54) is 12.1 Å². The first-order valence-electron chi connectivity index (χ1n) is 6.36. The van der Waals surface area contributed by atoms with Gasteiger partial charge < -0.3 is 8.92 Å². The molecular formula is C15H15ClO4S. The Morgan fingerprint density at radius 2 is 1.76 bits per heavy atom. The van der Waals surface area contributed by atoms with E-state index in [4.69, 9.17) is 20.5 Å². The number of halogens is 1. The topological polar surface area (TPSA) is 52.6 Å². The van der Waals surface area contributed by atoms with Crippen LogP contribution in [0.3, 0.4) is 0 Å². The van der Waals surface area contributed by atoms with Gasteiger partial charge in [0.25, 0.3) is 0 Å². The van der Waals surface area contributed by atoms with Gasteiger partial charge >= 0.3 is 10.1 Å². The Labute approximate surface area is 129 Å². The van der Waals surface area contributed by atoms with Gasteiger partial charge in [0.15, 0.2) is 5.75 Å². The summed E-state index contributed by atoms with van der Waals surface area (Å²) in [4.78, 5) is 0.0449. The van der Waals surface area contributed by atoms with Crippen LogP contribution in [0, 0.1) is 6.92 Å². The summed E-state index contributed by atoms with van der Waals surface area (Å²) in [6, 6.07) is 11.0. The highest BCUT2D eigenvalue weighted by Gasteiger charge is 2.18. The molecule has 0 radical (unpaired) electrons. The third-order valence-electron chi connectivity index (χ3n) is 2.71. The van der Waals surface area contributed by atoms with Crippen molar-refractivity contribution >= 4 is 21.7 Å². The minimum Gasteiger partial charge on any atom is -0.494 e. The van der Waals surface area contributed by atoms with Crippen molar-refractivity contribution in [1.82, 2.24) is 0 Å². The van der Waals surface area contributed by atoms with Gasteiger partial charge in [-0.25, -0.2) is 0 Å². The van der Waals surface area contributed by atoms with Crippen LogP contribution >= 0.6 is 11.6 Å². The molecule has 0 aliphatic rings. The molecule has 4 nitrogen and oxygen atoms in total. The van der Waals surface area contributed by atoms with Gasteiger partial charge in [0.2, 0.25) is 0 Å². The van der Waals surface area contributed by atoms with Crippen molar-refractivity contribution in [2.45, 2.75) is 18.7 Å². The molecule has 0 unspecified atom stereocenters. The van der Waals surface area contributed by atoms with Crippen LogP contribution in [0.1, 0.15) is 12.5 Å². The van der Waals surface area contributed by atoms with Crippen LogP contribution in [-0.4, -0.2) is 15.0 Å². The van der Waals surface area contributed by atoms with Gasteiger partial charge in [-0.2, -0.15) is 8.42 Å². The number of hydrogen-bond acceptors (Lipinski definition) is 4. The Morgan fingerprint density at radius 1 is 1.10 bits per heavy atom. The first-order chi connectivity index (χ1) is 9.92. The monoisotopic (exact) mass is 326 g/mol. The van der Waals surface area contributed by atoms with Crippen molar-refractivity contribution in [2.24, 2.45) is 0 Å². The van der Waals surface area contributed by atoms with E-state index in [0.29, 0.717) is 12.4 Å². The molecule has 2 aromatic carbocycles. The molecule has 21 heavy (non-hydrogen) atoms. The maximum atomic E-state index is 12.2. The van der Waals surface area contributed by atoms with Crippen LogP contribution < -0.4 is 8.92 Å². The predicted octanol–water partition coefficient (Wildman–Crippen LogP) is 3.81. The fraction of sp³-hybridized carbons (Fsp3) is 0.200. The summed E-state index contributed by atoms with van der Waals surface area (Å²) < 4.78 is 34.8. The third kappa shape index (κ3) is 3.89. The molecule has 112 valence electrons. The van der Waals surface area contributed by atoms with Crippen LogP contribution in [0.2, 0.25) is 5.02 Å². The number of hydrogen-bond donors (Lipinski definition) is 0. The van der Waals surface area contributed by atoms with Gasteiger partial charge in [-0.05, 0) is 55.8 Å². The lowest BCUT2D eigenvalue weighted by molar-refractivity contribution is 0.340. The Morgan fingerprint density at radius 3 is 2.38 bits per heavy atom. The molecule has 0 aliphatic heterocycles. The van der Waals surface area contributed by atoms with E-state index in [-0.39, 0.29) is 15.7 Å². The van der Waals surface area contributed by atoms with Gasteiger partial charge in [-0.3, -0.25) is 0 Å². The van der Waals surface area contributed by atoms with Crippen LogP contribution in [0.5, 0.6) is 11.5 Å². The number of rotatable bonds is 5. The smallest absolute Gasteiger partial charge is 0.339 e. The van der Waals surface area contributed by atoms with Crippen molar-refractivity contribution in [3.05, 3.63) is 53.1 Å². The molecule has 0 fully saturated rings. The highest BCUT2D eigenvalue weighted by atomic mass is 35.5. The summed E-state index contributed by atoms with van der Waals surface area (Å²) in [5.41, 5.74) is 0.858. The second kappa shape index (κ2) is 6.37. The lowest BCUT2D eigenvalue weighted by Crippen LogP contribution is -2.10. The molecule has 0 bridgehead atoms. The molecule has 0 aliphatic carbocycles. The minimum absolute atomic E-state index is 0.0449. The standard InChI is InChI=1S/C15H15ClO4S/c1-3-19-12-5-7-13(8-6-12)21(17,18)20-15-10-11(2)4-9-14(15)16/h4-10H,3H2,1-2H3. The molecule has 2 rings (SSSR count). The van der Waals surface area contributed by atoms with Crippen LogP contribution in [0.25, 0.3) is 0 Å². The molecule has 6 heteroatoms. The highest BCUT2D eigenvalue weighted by Crippen LogP contribution is 2.28. The summed E-state index contributed by atoms with van der Waals surface area (Å²) >= 11 is 5.95. The van der Waals surface area contributed by atoms with Crippen molar-refractivity contribution in [2.75, 3.05) is 6.61 Å². The molecule has 0 N–H and O–H groups in total. The molecule has 0 spiro atoms. The van der Waals surface area contributed by atoms with E-state index in [1.807, 2.05) is 13.8 Å². The Kier molecular flexibility index (Phi) is 4.75. The molecule has 0 saturated heterocycles. The number of ether oxygens (including phenoxy) is 1. The fourth-order valence-electron chi connectivity index (χ4n) is 1.71. The van der Waals surface area contributed by atoms with Crippen molar-refractivity contribution in [1.29, 1.82) is 0 Å². The largest absolute Gasteiger partial charge is 0.494 e. The van der Waals surface area contributed by atoms with E-state index in [0.717, 1.165) is 5.56 Å². The maximum absolute atomic E-state index is 12.2. The number of aryl methyl sites for hydroxylation is 1. The van der Waals surface area contributed by atoms with Crippen LogP contribution in [-0.2, 0) is 10.1 Å². The molecule has 0 heterocycles. The van der Waals surface area contributed by atoms with E-state index in [2.05, 4.69) is 0 Å². The second-order valence-corrected chi connectivity index (χ2v) is 6.33. The van der Waals surface area contributed by atoms with Gasteiger partial charge in [0, 0.05) is 0 Å². The van der Waals surface area contributed by atoms with Gasteiger partial charge in [-0.1, -0.05) is 17.7 Å². The highest BCUT2D eigenvalue weighted by molar-refractivity contribution is 7.87. The van der Waals surface area contributed by atoms with Gasteiger partial charge in [0.05, 0.1) is 11.6 Å². The average Bonchev–Trinajstić information content (AvgIpc) is 2.44. The zero-order chi connectivity index (χ0) is 15.5. The summed E-state index contributed by atoms with van der Waals surface area (Å²) in [5, 5.41) is 0.245. The Hall–Kier alpha value is -1.72. The Bertz CT molecular complexity index is 724. The normalized spacial score (nSPS) is 11.2. The first kappa shape index (κ1) is 15.7. The maximum Gasteiger partial charge on any atom is 0.339 e. The fourth-order valence-corrected chi connectivity index (χ4v) is 2.85. The summed E-state index contributed by atoms with van der Waals surface area (Å²) in [5.74, 6) is 0.718. The second-order valence-electron chi connectivity index (χ2n) is 4.38. The first-order valence-corrected chi connectivity index (χ1v) is 8.14. The van der Waals surface area contributed by atoms with Gasteiger partial charge in [-0.15, -0.1) is 0 Å². The Balaban J connectivity index is 2.27. The van der Waals surface area contributed by atoms with Crippen molar-refractivity contribution in [3.8, 4) is 11.5 Å². The van der Waals surface area contributed by atoms with Gasteiger partial charge in [0.1, 0.15) is 10.6 Å². The molecule has 2 aromatic rings. The summed E-state index contributed by atoms with van der Waals surface area (Å²) in [6.07, 6.45) is 0. The quantitative estimate of drug-likeness (QED) is 0.784. The van der Waals surface area contributed by atoms with Crippen molar-refractivity contribution in [3.63, 3.8) is 0 Å². The lowest BCUT2D eigenvalue weighted by atomic mass is 10.2.